The van der Waals surface area contributed by atoms with Crippen molar-refractivity contribution in [1.29, 1.82) is 0 Å². The van der Waals surface area contributed by atoms with Gasteiger partial charge in [-0.15, -0.1) is 5.46 Å². The molecule has 1 amide bonds. The maximum atomic E-state index is 13.6. The Kier molecular flexibility index (Phi) is 6.47. The number of carbonyl (C=O) groups excluding carboxylic acids is 1. The third kappa shape index (κ3) is 5.87. The fourth-order valence-corrected chi connectivity index (χ4v) is 3.20. The molecule has 2 rings (SSSR count). The minimum absolute atomic E-state index is 0.0231. The van der Waals surface area contributed by atoms with E-state index in [0.717, 1.165) is 26.2 Å². The summed E-state index contributed by atoms with van der Waals surface area (Å²) in [6.45, 7) is 6.62. The van der Waals surface area contributed by atoms with E-state index in [9.17, 15) is 17.7 Å². The molecular formula is C18H28BF3N3O2-. The highest BCUT2D eigenvalue weighted by Crippen LogP contribution is 2.27. The average molecular weight is 386 g/mol. The Morgan fingerprint density at radius 2 is 1.81 bits per heavy atom. The van der Waals surface area contributed by atoms with Crippen LogP contribution in [0.2, 0.25) is 0 Å². The van der Waals surface area contributed by atoms with E-state index in [1.807, 2.05) is 0 Å². The zero-order chi connectivity index (χ0) is 20.4. The second kappa shape index (κ2) is 8.10. The first-order valence-electron chi connectivity index (χ1n) is 9.14. The van der Waals surface area contributed by atoms with E-state index < -0.39 is 24.1 Å². The van der Waals surface area contributed by atoms with Crippen LogP contribution in [-0.2, 0) is 11.3 Å². The SMILES string of the molecule is Cc1c(CN2CCNCC2)cc([B-](F)(F)F)c(C)c1NC(=O)OC(C)(C)C. The quantitative estimate of drug-likeness (QED) is 0.781. The summed E-state index contributed by atoms with van der Waals surface area (Å²) in [5.74, 6) is 0. The number of hydrogen-bond donors (Lipinski definition) is 2. The number of anilines is 1. The van der Waals surface area contributed by atoms with Gasteiger partial charge in [-0.2, -0.15) is 0 Å². The van der Waals surface area contributed by atoms with Gasteiger partial charge in [0, 0.05) is 38.4 Å². The lowest BCUT2D eigenvalue weighted by atomic mass is 9.74. The Bertz CT molecular complexity index is 697. The first-order valence-corrected chi connectivity index (χ1v) is 9.14. The predicted octanol–water partition coefficient (Wildman–Crippen LogP) is 3.11. The molecule has 0 unspecified atom stereocenters. The molecule has 0 aliphatic carbocycles. The Hall–Kier alpha value is -1.74. The van der Waals surface area contributed by atoms with Crippen LogP contribution in [0.15, 0.2) is 6.07 Å². The van der Waals surface area contributed by atoms with Gasteiger partial charge in [-0.3, -0.25) is 10.2 Å². The average Bonchev–Trinajstić information content (AvgIpc) is 2.52. The lowest BCUT2D eigenvalue weighted by molar-refractivity contribution is 0.0635. The molecule has 5 nitrogen and oxygen atoms in total. The molecule has 0 atom stereocenters. The van der Waals surface area contributed by atoms with Crippen LogP contribution in [-0.4, -0.2) is 49.8 Å². The fraction of sp³-hybridized carbons (Fsp3) is 0.611. The highest BCUT2D eigenvalue weighted by atomic mass is 19.4. The minimum Gasteiger partial charge on any atom is -0.445 e. The zero-order valence-electron chi connectivity index (χ0n) is 16.6. The molecule has 0 radical (unpaired) electrons. The lowest BCUT2D eigenvalue weighted by Gasteiger charge is -2.30. The molecular weight excluding hydrogens is 358 g/mol. The van der Waals surface area contributed by atoms with Gasteiger partial charge in [-0.25, -0.2) is 4.79 Å². The van der Waals surface area contributed by atoms with E-state index in [1.165, 1.54) is 13.0 Å². The molecule has 1 aliphatic heterocycles. The van der Waals surface area contributed by atoms with Gasteiger partial charge < -0.3 is 23.0 Å². The summed E-state index contributed by atoms with van der Waals surface area (Å²) in [6, 6.07) is 1.23. The summed E-state index contributed by atoms with van der Waals surface area (Å²) >= 11 is 0. The van der Waals surface area contributed by atoms with Crippen molar-refractivity contribution in [2.45, 2.75) is 46.8 Å². The summed E-state index contributed by atoms with van der Waals surface area (Å²) in [4.78, 5) is 14.3. The Labute approximate surface area is 158 Å². The van der Waals surface area contributed by atoms with E-state index in [-0.39, 0.29) is 11.3 Å². The van der Waals surface area contributed by atoms with Crippen LogP contribution in [0, 0.1) is 13.8 Å². The first-order chi connectivity index (χ1) is 12.4. The number of hydrogen-bond acceptors (Lipinski definition) is 4. The van der Waals surface area contributed by atoms with Gasteiger partial charge in [0.15, 0.2) is 0 Å². The van der Waals surface area contributed by atoms with Crippen LogP contribution in [0.4, 0.5) is 23.4 Å². The number of amides is 1. The summed E-state index contributed by atoms with van der Waals surface area (Å²) in [5.41, 5.74) is 0.0161. The normalized spacial score (nSPS) is 16.3. The molecule has 27 heavy (non-hydrogen) atoms. The molecule has 1 aliphatic rings. The molecule has 1 fully saturated rings. The van der Waals surface area contributed by atoms with E-state index in [1.54, 1.807) is 27.7 Å². The molecule has 152 valence electrons. The maximum Gasteiger partial charge on any atom is 0.509 e. The smallest absolute Gasteiger partial charge is 0.445 e. The van der Waals surface area contributed by atoms with Gasteiger partial charge in [-0.05, 0) is 45.7 Å². The molecule has 0 aromatic heterocycles. The molecule has 0 bridgehead atoms. The van der Waals surface area contributed by atoms with Gasteiger partial charge in [0.25, 0.3) is 0 Å². The fourth-order valence-electron chi connectivity index (χ4n) is 3.20. The number of rotatable bonds is 4. The number of piperazine rings is 1. The zero-order valence-corrected chi connectivity index (χ0v) is 16.6. The summed E-state index contributed by atoms with van der Waals surface area (Å²) in [5, 5.41) is 5.77. The van der Waals surface area contributed by atoms with E-state index in [2.05, 4.69) is 15.5 Å². The van der Waals surface area contributed by atoms with E-state index in [0.29, 0.717) is 17.7 Å². The molecule has 1 saturated heterocycles. The number of benzene rings is 1. The monoisotopic (exact) mass is 386 g/mol. The van der Waals surface area contributed by atoms with Crippen molar-refractivity contribution in [1.82, 2.24) is 10.2 Å². The van der Waals surface area contributed by atoms with Gasteiger partial charge in [0.05, 0.1) is 0 Å². The highest BCUT2D eigenvalue weighted by molar-refractivity contribution is 6.74. The second-order valence-corrected chi connectivity index (χ2v) is 7.98. The highest BCUT2D eigenvalue weighted by Gasteiger charge is 2.31. The second-order valence-electron chi connectivity index (χ2n) is 7.98. The molecule has 1 aromatic carbocycles. The molecule has 0 saturated carbocycles. The van der Waals surface area contributed by atoms with Crippen molar-refractivity contribution in [2.75, 3.05) is 31.5 Å². The van der Waals surface area contributed by atoms with E-state index >= 15 is 0 Å². The number of carbonyl (C=O) groups is 1. The standard InChI is InChI=1S/C18H28BF3N3O2/c1-12-14(11-25-8-6-23-7-9-25)10-15(19(20,21)22)13(2)16(12)24-17(26)27-18(3,4)5/h10,23H,6-9,11H2,1-5H3,(H,24,26)/q-1. The van der Waals surface area contributed by atoms with Gasteiger partial charge in [0.2, 0.25) is 0 Å². The van der Waals surface area contributed by atoms with Crippen molar-refractivity contribution in [3.8, 4) is 0 Å². The number of nitrogens with one attached hydrogen (secondary N) is 2. The van der Waals surface area contributed by atoms with Crippen LogP contribution in [0.3, 0.4) is 0 Å². The van der Waals surface area contributed by atoms with Crippen molar-refractivity contribution in [3.05, 3.63) is 22.8 Å². The number of nitrogens with zero attached hydrogens (tertiary/aromatic N) is 1. The van der Waals surface area contributed by atoms with Gasteiger partial charge in [0.1, 0.15) is 5.60 Å². The Morgan fingerprint density at radius 1 is 1.22 bits per heavy atom. The third-order valence-corrected chi connectivity index (χ3v) is 4.58. The lowest BCUT2D eigenvalue weighted by Crippen LogP contribution is -2.43. The number of ether oxygens (including phenoxy) is 1. The molecule has 9 heteroatoms. The van der Waals surface area contributed by atoms with Crippen LogP contribution >= 0.6 is 0 Å². The van der Waals surface area contributed by atoms with Crippen LogP contribution in [0.25, 0.3) is 0 Å². The molecule has 1 aromatic rings. The maximum absolute atomic E-state index is 13.6. The van der Waals surface area contributed by atoms with Crippen molar-refractivity contribution < 1.29 is 22.5 Å². The number of halogens is 3. The van der Waals surface area contributed by atoms with Gasteiger partial charge in [-0.1, -0.05) is 11.6 Å². The Balaban J connectivity index is 2.40. The van der Waals surface area contributed by atoms with Crippen molar-refractivity contribution in [3.63, 3.8) is 0 Å². The van der Waals surface area contributed by atoms with Crippen LogP contribution in [0.1, 0.15) is 37.5 Å². The minimum atomic E-state index is -5.20. The van der Waals surface area contributed by atoms with Crippen molar-refractivity contribution in [2.24, 2.45) is 0 Å². The van der Waals surface area contributed by atoms with Gasteiger partial charge >= 0.3 is 13.1 Å². The van der Waals surface area contributed by atoms with E-state index in [4.69, 9.17) is 4.74 Å². The molecule has 2 N–H and O–H groups in total. The summed E-state index contributed by atoms with van der Waals surface area (Å²) < 4.78 is 46.1. The summed E-state index contributed by atoms with van der Waals surface area (Å²) in [7, 11) is 0. The predicted molar refractivity (Wildman–Crippen MR) is 103 cm³/mol. The Morgan fingerprint density at radius 3 is 2.33 bits per heavy atom. The van der Waals surface area contributed by atoms with Crippen LogP contribution < -0.4 is 16.1 Å². The topological polar surface area (TPSA) is 53.6 Å². The van der Waals surface area contributed by atoms with Crippen LogP contribution in [0.5, 0.6) is 0 Å². The third-order valence-electron chi connectivity index (χ3n) is 4.58. The molecule has 0 spiro atoms. The first kappa shape index (κ1) is 21.6. The van der Waals surface area contributed by atoms with Crippen molar-refractivity contribution >= 4 is 24.2 Å². The summed E-state index contributed by atoms with van der Waals surface area (Å²) in [6.07, 6.45) is -0.756. The largest absolute Gasteiger partial charge is 0.509 e. The molecule has 1 heterocycles.